The molecule has 0 rings (SSSR count). The second-order valence-electron chi connectivity index (χ2n) is 3.39. The summed E-state index contributed by atoms with van der Waals surface area (Å²) < 4.78 is 0. The second-order valence-corrected chi connectivity index (χ2v) is 6.09. The van der Waals surface area contributed by atoms with E-state index in [9.17, 15) is 4.79 Å². The van der Waals surface area contributed by atoms with Crippen molar-refractivity contribution in [3.8, 4) is 0 Å². The van der Waals surface area contributed by atoms with Gasteiger partial charge in [0.2, 0.25) is 0 Å². The number of carboxylic acid groups (broad SMARTS) is 1. The van der Waals surface area contributed by atoms with E-state index >= 15 is 0 Å². The summed E-state index contributed by atoms with van der Waals surface area (Å²) in [6.07, 6.45) is 1.07. The molecular formula is C9H20N2O2S2. The zero-order valence-electron chi connectivity index (χ0n) is 9.36. The Morgan fingerprint density at radius 2 is 1.93 bits per heavy atom. The number of nitrogens with one attached hydrogen (secondary N) is 1. The molecule has 0 aromatic heterocycles. The van der Waals surface area contributed by atoms with Crippen LogP contribution in [-0.2, 0) is 0 Å². The molecule has 0 aromatic carbocycles. The van der Waals surface area contributed by atoms with Gasteiger partial charge in [0.05, 0.1) is 0 Å². The first-order chi connectivity index (χ1) is 7.13. The molecular weight excluding hydrogens is 232 g/mol. The van der Waals surface area contributed by atoms with Gasteiger partial charge in [0, 0.05) is 24.6 Å². The number of rotatable bonds is 9. The SMILES string of the molecule is CN(C)CCSSCCCCNC(=O)O. The zero-order valence-corrected chi connectivity index (χ0v) is 11.0. The Morgan fingerprint density at radius 1 is 1.27 bits per heavy atom. The first kappa shape index (κ1) is 14.9. The average molecular weight is 252 g/mol. The summed E-state index contributed by atoms with van der Waals surface area (Å²) in [6.45, 7) is 1.68. The van der Waals surface area contributed by atoms with E-state index in [1.165, 1.54) is 0 Å². The highest BCUT2D eigenvalue weighted by molar-refractivity contribution is 8.76. The van der Waals surface area contributed by atoms with E-state index in [0.717, 1.165) is 30.9 Å². The number of unbranched alkanes of at least 4 members (excludes halogenated alkanes) is 1. The van der Waals surface area contributed by atoms with E-state index in [-0.39, 0.29) is 0 Å². The van der Waals surface area contributed by atoms with Crippen LogP contribution in [0, 0.1) is 0 Å². The fraction of sp³-hybridized carbons (Fsp3) is 0.889. The van der Waals surface area contributed by atoms with E-state index in [4.69, 9.17) is 5.11 Å². The van der Waals surface area contributed by atoms with Crippen molar-refractivity contribution < 1.29 is 9.90 Å². The summed E-state index contributed by atoms with van der Waals surface area (Å²) in [5.74, 6) is 2.24. The van der Waals surface area contributed by atoms with Crippen molar-refractivity contribution in [2.75, 3.05) is 38.7 Å². The third kappa shape index (κ3) is 13.9. The van der Waals surface area contributed by atoms with Crippen molar-refractivity contribution in [3.63, 3.8) is 0 Å². The number of nitrogens with zero attached hydrogens (tertiary/aromatic N) is 1. The Morgan fingerprint density at radius 3 is 2.53 bits per heavy atom. The highest BCUT2D eigenvalue weighted by Gasteiger charge is 1.95. The maximum Gasteiger partial charge on any atom is 0.404 e. The summed E-state index contributed by atoms with van der Waals surface area (Å²) in [6, 6.07) is 0. The standard InChI is InChI=1S/C9H20N2O2S2/c1-11(2)6-8-15-14-7-4-3-5-10-9(12)13/h10H,3-8H2,1-2H3,(H,12,13). The summed E-state index contributed by atoms with van der Waals surface area (Å²) in [4.78, 5) is 12.3. The van der Waals surface area contributed by atoms with Crippen LogP contribution in [0.5, 0.6) is 0 Å². The van der Waals surface area contributed by atoms with Crippen LogP contribution < -0.4 is 5.32 Å². The monoisotopic (exact) mass is 252 g/mol. The quantitative estimate of drug-likeness (QED) is 0.485. The smallest absolute Gasteiger partial charge is 0.404 e. The minimum absolute atomic E-state index is 0.568. The average Bonchev–Trinajstić information content (AvgIpc) is 2.14. The van der Waals surface area contributed by atoms with Crippen molar-refractivity contribution in [3.05, 3.63) is 0 Å². The van der Waals surface area contributed by atoms with Gasteiger partial charge in [-0.2, -0.15) is 0 Å². The molecule has 0 saturated carbocycles. The van der Waals surface area contributed by atoms with Crippen molar-refractivity contribution in [2.45, 2.75) is 12.8 Å². The van der Waals surface area contributed by atoms with Crippen LogP contribution in [0.3, 0.4) is 0 Å². The maximum absolute atomic E-state index is 10.1. The largest absolute Gasteiger partial charge is 0.465 e. The van der Waals surface area contributed by atoms with Crippen molar-refractivity contribution in [2.24, 2.45) is 0 Å². The Hall–Kier alpha value is -0.0700. The maximum atomic E-state index is 10.1. The Labute approximate surface area is 99.6 Å². The molecule has 0 unspecified atom stereocenters. The van der Waals surface area contributed by atoms with E-state index in [1.807, 2.05) is 21.6 Å². The Balaban J connectivity index is 2.96. The molecule has 0 aliphatic heterocycles. The molecule has 0 aromatic rings. The van der Waals surface area contributed by atoms with Crippen molar-refractivity contribution in [1.29, 1.82) is 0 Å². The first-order valence-corrected chi connectivity index (χ1v) is 7.47. The van der Waals surface area contributed by atoms with Crippen LogP contribution in [0.25, 0.3) is 0 Å². The Kier molecular flexibility index (Phi) is 10.4. The molecule has 0 aliphatic rings. The van der Waals surface area contributed by atoms with Crippen LogP contribution >= 0.6 is 21.6 Å². The van der Waals surface area contributed by atoms with Gasteiger partial charge < -0.3 is 15.3 Å². The lowest BCUT2D eigenvalue weighted by atomic mass is 10.3. The fourth-order valence-corrected chi connectivity index (χ4v) is 3.10. The van der Waals surface area contributed by atoms with Gasteiger partial charge >= 0.3 is 6.09 Å². The molecule has 0 fully saturated rings. The molecule has 0 heterocycles. The highest BCUT2D eigenvalue weighted by atomic mass is 33.1. The second kappa shape index (κ2) is 10.4. The highest BCUT2D eigenvalue weighted by Crippen LogP contribution is 2.21. The summed E-state index contributed by atoms with van der Waals surface area (Å²) in [7, 11) is 7.90. The van der Waals surface area contributed by atoms with Gasteiger partial charge in [-0.1, -0.05) is 21.6 Å². The van der Waals surface area contributed by atoms with E-state index < -0.39 is 6.09 Å². The van der Waals surface area contributed by atoms with Gasteiger partial charge in [0.15, 0.2) is 0 Å². The van der Waals surface area contributed by atoms with Crippen LogP contribution in [0.4, 0.5) is 4.79 Å². The minimum Gasteiger partial charge on any atom is -0.465 e. The number of carbonyl (C=O) groups is 1. The van der Waals surface area contributed by atoms with E-state index in [2.05, 4.69) is 24.3 Å². The van der Waals surface area contributed by atoms with Crippen LogP contribution in [-0.4, -0.2) is 54.8 Å². The normalized spacial score (nSPS) is 10.6. The van der Waals surface area contributed by atoms with Gasteiger partial charge in [-0.05, 0) is 26.9 Å². The van der Waals surface area contributed by atoms with Gasteiger partial charge in [-0.25, -0.2) is 4.79 Å². The molecule has 90 valence electrons. The topological polar surface area (TPSA) is 52.6 Å². The molecule has 0 bridgehead atoms. The Bertz CT molecular complexity index is 168. The lowest BCUT2D eigenvalue weighted by Crippen LogP contribution is -2.21. The summed E-state index contributed by atoms with van der Waals surface area (Å²) >= 11 is 0. The number of amides is 1. The summed E-state index contributed by atoms with van der Waals surface area (Å²) in [5.41, 5.74) is 0. The van der Waals surface area contributed by atoms with Gasteiger partial charge in [0.1, 0.15) is 0 Å². The molecule has 4 nitrogen and oxygen atoms in total. The van der Waals surface area contributed by atoms with Gasteiger partial charge in [-0.15, -0.1) is 0 Å². The van der Waals surface area contributed by atoms with Crippen LogP contribution in [0.1, 0.15) is 12.8 Å². The fourth-order valence-electron chi connectivity index (χ4n) is 0.819. The minimum atomic E-state index is -0.928. The molecule has 0 saturated heterocycles. The first-order valence-electron chi connectivity index (χ1n) is 4.99. The zero-order chi connectivity index (χ0) is 11.5. The van der Waals surface area contributed by atoms with Gasteiger partial charge in [0.25, 0.3) is 0 Å². The molecule has 15 heavy (non-hydrogen) atoms. The number of hydrogen-bond donors (Lipinski definition) is 2. The molecule has 1 amide bonds. The molecule has 0 atom stereocenters. The molecule has 2 N–H and O–H groups in total. The number of hydrogen-bond acceptors (Lipinski definition) is 4. The van der Waals surface area contributed by atoms with Crippen molar-refractivity contribution >= 4 is 27.7 Å². The molecule has 0 aliphatic carbocycles. The predicted molar refractivity (Wildman–Crippen MR) is 68.7 cm³/mol. The summed E-state index contributed by atoms with van der Waals surface area (Å²) in [5, 5.41) is 10.7. The van der Waals surface area contributed by atoms with Crippen LogP contribution in [0.2, 0.25) is 0 Å². The lowest BCUT2D eigenvalue weighted by Gasteiger charge is -2.07. The molecule has 0 spiro atoms. The third-order valence-electron chi connectivity index (χ3n) is 1.64. The molecule has 6 heteroatoms. The lowest BCUT2D eigenvalue weighted by molar-refractivity contribution is 0.194. The van der Waals surface area contributed by atoms with Crippen LogP contribution in [0.15, 0.2) is 0 Å². The predicted octanol–water partition coefficient (Wildman–Crippen LogP) is 1.98. The van der Waals surface area contributed by atoms with Gasteiger partial charge in [-0.3, -0.25) is 0 Å². The third-order valence-corrected chi connectivity index (χ3v) is 4.11. The van der Waals surface area contributed by atoms with E-state index in [0.29, 0.717) is 6.54 Å². The van der Waals surface area contributed by atoms with E-state index in [1.54, 1.807) is 0 Å². The molecule has 0 radical (unpaired) electrons. The van der Waals surface area contributed by atoms with Crippen molar-refractivity contribution in [1.82, 2.24) is 10.2 Å².